The van der Waals surface area contributed by atoms with E-state index < -0.39 is 0 Å². The number of nitrogens with zero attached hydrogens (tertiary/aromatic N) is 1. The Morgan fingerprint density at radius 1 is 1.04 bits per heavy atom. The summed E-state index contributed by atoms with van der Waals surface area (Å²) >= 11 is 0. The highest BCUT2D eigenvalue weighted by Gasteiger charge is 2.32. The monoisotopic (exact) mass is 339 g/mol. The Balaban J connectivity index is 1.49. The first-order valence-electron chi connectivity index (χ1n) is 10.4. The van der Waals surface area contributed by atoms with Crippen LogP contribution in [0.15, 0.2) is 36.4 Å². The van der Waals surface area contributed by atoms with Gasteiger partial charge in [0.15, 0.2) is 0 Å². The van der Waals surface area contributed by atoms with E-state index in [-0.39, 0.29) is 5.41 Å². The largest absolute Gasteiger partial charge is 0.296 e. The molecule has 2 fully saturated rings. The summed E-state index contributed by atoms with van der Waals surface area (Å²) in [5, 5.41) is 0. The molecule has 0 amide bonds. The lowest BCUT2D eigenvalue weighted by atomic mass is 9.78. The molecule has 1 aromatic carbocycles. The molecule has 1 saturated heterocycles. The molecule has 1 aromatic rings. The predicted molar refractivity (Wildman–Crippen MR) is 109 cm³/mol. The third-order valence-corrected chi connectivity index (χ3v) is 6.37. The van der Waals surface area contributed by atoms with E-state index in [1.54, 1.807) is 0 Å². The Labute approximate surface area is 155 Å². The molecule has 3 rings (SSSR count). The molecule has 1 nitrogen and oxygen atoms in total. The second-order valence-electron chi connectivity index (χ2n) is 9.42. The zero-order valence-electron chi connectivity index (χ0n) is 16.7. The quantitative estimate of drug-likeness (QED) is 0.583. The Hall–Kier alpha value is -1.08. The van der Waals surface area contributed by atoms with Crippen LogP contribution in [0.3, 0.4) is 0 Å². The first-order chi connectivity index (χ1) is 11.9. The van der Waals surface area contributed by atoms with Gasteiger partial charge in [0.2, 0.25) is 0 Å². The molecule has 25 heavy (non-hydrogen) atoms. The van der Waals surface area contributed by atoms with Crippen molar-refractivity contribution in [2.75, 3.05) is 13.1 Å². The van der Waals surface area contributed by atoms with Crippen molar-refractivity contribution in [2.45, 2.75) is 83.6 Å². The molecule has 2 aliphatic rings. The zero-order valence-corrected chi connectivity index (χ0v) is 16.7. The number of piperidine rings is 1. The lowest BCUT2D eigenvalue weighted by molar-refractivity contribution is 0.0685. The molecule has 0 N–H and O–H groups in total. The minimum Gasteiger partial charge on any atom is -0.296 e. The first-order valence-corrected chi connectivity index (χ1v) is 10.4. The van der Waals surface area contributed by atoms with Crippen molar-refractivity contribution in [2.24, 2.45) is 5.92 Å². The summed E-state index contributed by atoms with van der Waals surface area (Å²) in [6, 6.07) is 10.1. The molecule has 138 valence electrons. The standard InChI is InChI=1S/C24H37N/c1-19(11-12-20-13-15-22(16-14-20)24(2,3)4)18-25-17-7-9-21-8-5-6-10-23(21)25/h13-16,21,23H,1,5-12,17-18H2,2-4H3. The molecule has 2 unspecified atom stereocenters. The highest BCUT2D eigenvalue weighted by molar-refractivity contribution is 5.28. The van der Waals surface area contributed by atoms with Crippen LogP contribution in [0.25, 0.3) is 0 Å². The third kappa shape index (κ3) is 4.97. The van der Waals surface area contributed by atoms with Crippen molar-refractivity contribution >= 4 is 0 Å². The van der Waals surface area contributed by atoms with Crippen LogP contribution in [-0.4, -0.2) is 24.0 Å². The van der Waals surface area contributed by atoms with Crippen LogP contribution in [0.2, 0.25) is 0 Å². The van der Waals surface area contributed by atoms with Gasteiger partial charge in [-0.05, 0) is 67.5 Å². The lowest BCUT2D eigenvalue weighted by Gasteiger charge is -2.44. The van der Waals surface area contributed by atoms with Gasteiger partial charge in [-0.15, -0.1) is 0 Å². The van der Waals surface area contributed by atoms with Crippen molar-refractivity contribution < 1.29 is 0 Å². The van der Waals surface area contributed by atoms with E-state index in [0.717, 1.165) is 31.3 Å². The molecular weight excluding hydrogens is 302 g/mol. The summed E-state index contributed by atoms with van der Waals surface area (Å²) in [6.45, 7) is 13.7. The lowest BCUT2D eigenvalue weighted by Crippen LogP contribution is -2.47. The summed E-state index contributed by atoms with van der Waals surface area (Å²) in [5.41, 5.74) is 4.54. The topological polar surface area (TPSA) is 3.24 Å². The van der Waals surface area contributed by atoms with Gasteiger partial charge < -0.3 is 0 Å². The van der Waals surface area contributed by atoms with Gasteiger partial charge in [0.1, 0.15) is 0 Å². The van der Waals surface area contributed by atoms with Crippen molar-refractivity contribution in [1.82, 2.24) is 4.90 Å². The maximum Gasteiger partial charge on any atom is 0.0193 e. The first kappa shape index (κ1) is 18.7. The Morgan fingerprint density at radius 2 is 1.72 bits per heavy atom. The molecule has 2 atom stereocenters. The predicted octanol–water partition coefficient (Wildman–Crippen LogP) is 6.13. The van der Waals surface area contributed by atoms with Gasteiger partial charge in [-0.1, -0.05) is 70.0 Å². The van der Waals surface area contributed by atoms with Crippen LogP contribution < -0.4 is 0 Å². The average molecular weight is 340 g/mol. The molecular formula is C24H37N. The SMILES string of the molecule is C=C(CCc1ccc(C(C)(C)C)cc1)CN1CCCC2CCCCC21. The van der Waals surface area contributed by atoms with Crippen LogP contribution >= 0.6 is 0 Å². The number of rotatable bonds is 5. The summed E-state index contributed by atoms with van der Waals surface area (Å²) in [4.78, 5) is 2.76. The molecule has 1 heteroatoms. The fraction of sp³-hybridized carbons (Fsp3) is 0.667. The number of fused-ring (bicyclic) bond motifs is 1. The highest BCUT2D eigenvalue weighted by atomic mass is 15.2. The number of likely N-dealkylation sites (tertiary alicyclic amines) is 1. The van der Waals surface area contributed by atoms with Crippen LogP contribution in [0.5, 0.6) is 0 Å². The molecule has 0 radical (unpaired) electrons. The van der Waals surface area contributed by atoms with E-state index in [1.807, 2.05) is 0 Å². The van der Waals surface area contributed by atoms with Crippen molar-refractivity contribution in [3.8, 4) is 0 Å². The van der Waals surface area contributed by atoms with E-state index in [4.69, 9.17) is 0 Å². The molecule has 0 bridgehead atoms. The Morgan fingerprint density at radius 3 is 2.44 bits per heavy atom. The van der Waals surface area contributed by atoms with Gasteiger partial charge in [-0.2, -0.15) is 0 Å². The minimum absolute atomic E-state index is 0.243. The second kappa shape index (κ2) is 8.08. The van der Waals surface area contributed by atoms with Crippen molar-refractivity contribution in [1.29, 1.82) is 0 Å². The van der Waals surface area contributed by atoms with Gasteiger partial charge in [0.05, 0.1) is 0 Å². The van der Waals surface area contributed by atoms with E-state index >= 15 is 0 Å². The highest BCUT2D eigenvalue weighted by Crippen LogP contribution is 2.35. The maximum atomic E-state index is 4.42. The summed E-state index contributed by atoms with van der Waals surface area (Å²) in [7, 11) is 0. The van der Waals surface area contributed by atoms with E-state index in [0.29, 0.717) is 0 Å². The van der Waals surface area contributed by atoms with Crippen LogP contribution in [0, 0.1) is 5.92 Å². The molecule has 0 spiro atoms. The van der Waals surface area contributed by atoms with Crippen LogP contribution in [0.4, 0.5) is 0 Å². The van der Waals surface area contributed by atoms with E-state index in [1.165, 1.54) is 61.8 Å². The van der Waals surface area contributed by atoms with Crippen LogP contribution in [0.1, 0.15) is 76.8 Å². The second-order valence-corrected chi connectivity index (χ2v) is 9.42. The maximum absolute atomic E-state index is 4.42. The fourth-order valence-electron chi connectivity index (χ4n) is 4.78. The normalized spacial score (nSPS) is 24.8. The van der Waals surface area contributed by atoms with Gasteiger partial charge in [0, 0.05) is 12.6 Å². The summed E-state index contributed by atoms with van der Waals surface area (Å²) in [5.74, 6) is 0.972. The number of aryl methyl sites for hydroxylation is 1. The minimum atomic E-state index is 0.243. The molecule has 0 aromatic heterocycles. The number of benzene rings is 1. The average Bonchev–Trinajstić information content (AvgIpc) is 2.60. The summed E-state index contributed by atoms with van der Waals surface area (Å²) in [6.07, 6.45) is 10.9. The number of hydrogen-bond donors (Lipinski definition) is 0. The van der Waals surface area contributed by atoms with Crippen molar-refractivity contribution in [3.63, 3.8) is 0 Å². The van der Waals surface area contributed by atoms with E-state index in [2.05, 4.69) is 56.5 Å². The molecule has 1 heterocycles. The smallest absolute Gasteiger partial charge is 0.0193 e. The van der Waals surface area contributed by atoms with Gasteiger partial charge in [0.25, 0.3) is 0 Å². The van der Waals surface area contributed by atoms with Crippen LogP contribution in [-0.2, 0) is 11.8 Å². The fourth-order valence-corrected chi connectivity index (χ4v) is 4.78. The van der Waals surface area contributed by atoms with E-state index in [9.17, 15) is 0 Å². The van der Waals surface area contributed by atoms with Gasteiger partial charge in [-0.25, -0.2) is 0 Å². The molecule has 1 aliphatic carbocycles. The molecule has 1 saturated carbocycles. The van der Waals surface area contributed by atoms with Gasteiger partial charge >= 0.3 is 0 Å². The zero-order chi connectivity index (χ0) is 17.9. The third-order valence-electron chi connectivity index (χ3n) is 6.37. The van der Waals surface area contributed by atoms with Gasteiger partial charge in [-0.3, -0.25) is 4.90 Å². The Bertz CT molecular complexity index is 561. The molecule has 1 aliphatic heterocycles. The summed E-state index contributed by atoms with van der Waals surface area (Å²) < 4.78 is 0. The van der Waals surface area contributed by atoms with Crippen molar-refractivity contribution in [3.05, 3.63) is 47.5 Å². The number of hydrogen-bond acceptors (Lipinski definition) is 1. The Kier molecular flexibility index (Phi) is 6.04.